The van der Waals surface area contributed by atoms with Gasteiger partial charge >= 0.3 is 0 Å². The third-order valence-corrected chi connectivity index (χ3v) is 6.35. The molecule has 1 atom stereocenters. The van der Waals surface area contributed by atoms with Crippen LogP contribution in [0.4, 0.5) is 11.4 Å². The molecule has 1 amide bonds. The first-order valence-electron chi connectivity index (χ1n) is 9.79. The normalized spacial score (nSPS) is 15.9. The van der Waals surface area contributed by atoms with Crippen molar-refractivity contribution in [2.24, 2.45) is 0 Å². The van der Waals surface area contributed by atoms with Crippen molar-refractivity contribution in [2.45, 2.75) is 19.7 Å². The van der Waals surface area contributed by atoms with E-state index in [1.165, 1.54) is 11.3 Å². The van der Waals surface area contributed by atoms with Crippen molar-refractivity contribution in [3.8, 4) is 0 Å². The smallest absolute Gasteiger partial charge is 0.272 e. The number of para-hydroxylation sites is 1. The molecule has 5 nitrogen and oxygen atoms in total. The fraction of sp³-hybridized carbons (Fsp3) is 0.167. The van der Waals surface area contributed by atoms with E-state index in [1.807, 2.05) is 78.6 Å². The van der Waals surface area contributed by atoms with Crippen molar-refractivity contribution in [2.75, 3.05) is 17.3 Å². The van der Waals surface area contributed by atoms with Gasteiger partial charge in [0, 0.05) is 23.9 Å². The first kappa shape index (κ1) is 18.8. The molecule has 2 aromatic carbocycles. The van der Waals surface area contributed by atoms with Crippen LogP contribution in [0.2, 0.25) is 0 Å². The fourth-order valence-electron chi connectivity index (χ4n) is 4.02. The van der Waals surface area contributed by atoms with Crippen molar-refractivity contribution in [3.63, 3.8) is 0 Å². The quantitative estimate of drug-likeness (QED) is 0.477. The Morgan fingerprint density at radius 2 is 1.80 bits per heavy atom. The maximum Gasteiger partial charge on any atom is 0.272 e. The third-order valence-electron chi connectivity index (χ3n) is 5.27. The summed E-state index contributed by atoms with van der Waals surface area (Å²) in [5.41, 5.74) is 4.68. The van der Waals surface area contributed by atoms with Crippen LogP contribution < -0.4 is 10.2 Å². The number of aryl methyl sites for hydroxylation is 1. The molecule has 150 valence electrons. The highest BCUT2D eigenvalue weighted by atomic mass is 32.1. The number of carbonyl (C=O) groups excluding carboxylic acids is 1. The van der Waals surface area contributed by atoms with E-state index in [0.29, 0.717) is 11.5 Å². The maximum absolute atomic E-state index is 13.8. The Morgan fingerprint density at radius 3 is 2.50 bits per heavy atom. The number of carbonyl (C=O) groups is 1. The molecule has 0 fully saturated rings. The molecule has 30 heavy (non-hydrogen) atoms. The van der Waals surface area contributed by atoms with Crippen LogP contribution in [0.1, 0.15) is 32.7 Å². The van der Waals surface area contributed by atoms with Gasteiger partial charge in [0.15, 0.2) is 0 Å². The Bertz CT molecular complexity index is 1220. The molecule has 1 aliphatic rings. The van der Waals surface area contributed by atoms with Gasteiger partial charge in [-0.1, -0.05) is 48.5 Å². The van der Waals surface area contributed by atoms with E-state index in [9.17, 15) is 4.79 Å². The molecule has 0 radical (unpaired) electrons. The Balaban J connectivity index is 1.74. The van der Waals surface area contributed by atoms with Crippen molar-refractivity contribution in [3.05, 3.63) is 88.4 Å². The van der Waals surface area contributed by atoms with Gasteiger partial charge in [0.05, 0.1) is 12.3 Å². The zero-order valence-corrected chi connectivity index (χ0v) is 17.6. The molecular weight excluding hydrogens is 394 g/mol. The second-order valence-electron chi connectivity index (χ2n) is 7.31. The summed E-state index contributed by atoms with van der Waals surface area (Å²) in [4.78, 5) is 21.8. The Kier molecular flexibility index (Phi) is 4.73. The molecule has 0 spiro atoms. The van der Waals surface area contributed by atoms with E-state index >= 15 is 0 Å². The second-order valence-corrected chi connectivity index (χ2v) is 8.31. The molecule has 4 aromatic rings. The monoisotopic (exact) mass is 415 g/mol. The number of aromatic nitrogens is 1. The minimum Gasteiger partial charge on any atom is -0.380 e. The molecule has 0 saturated heterocycles. The number of thiophene rings is 1. The summed E-state index contributed by atoms with van der Waals surface area (Å²) < 4.78 is 5.43. The number of anilines is 2. The summed E-state index contributed by atoms with van der Waals surface area (Å²) >= 11 is 1.44. The third kappa shape index (κ3) is 3.05. The average molecular weight is 416 g/mol. The number of methoxy groups -OCH3 is 1. The molecule has 1 N–H and O–H groups in total. The van der Waals surface area contributed by atoms with Gasteiger partial charge < -0.3 is 10.1 Å². The van der Waals surface area contributed by atoms with E-state index in [0.717, 1.165) is 38.4 Å². The van der Waals surface area contributed by atoms with Gasteiger partial charge in [-0.05, 0) is 36.2 Å². The molecule has 0 saturated carbocycles. The first-order valence-corrected chi connectivity index (χ1v) is 10.6. The van der Waals surface area contributed by atoms with E-state index in [-0.39, 0.29) is 12.1 Å². The SMILES string of the molecule is COCc1cc(C)nc2sc3c(c12)NC(c1ccccc1)N(c1ccccc1)C3=O. The van der Waals surface area contributed by atoms with Gasteiger partial charge in [0.25, 0.3) is 5.91 Å². The summed E-state index contributed by atoms with van der Waals surface area (Å²) in [7, 11) is 1.68. The number of nitrogens with zero attached hydrogens (tertiary/aromatic N) is 2. The highest BCUT2D eigenvalue weighted by Crippen LogP contribution is 2.45. The van der Waals surface area contributed by atoms with Gasteiger partial charge in [0.1, 0.15) is 15.9 Å². The lowest BCUT2D eigenvalue weighted by atomic mass is 10.0. The number of nitrogens with one attached hydrogen (secondary N) is 1. The summed E-state index contributed by atoms with van der Waals surface area (Å²) in [5, 5.41) is 4.63. The zero-order chi connectivity index (χ0) is 20.7. The van der Waals surface area contributed by atoms with Crippen LogP contribution in [0.5, 0.6) is 0 Å². The highest BCUT2D eigenvalue weighted by molar-refractivity contribution is 7.21. The number of pyridine rings is 1. The van der Waals surface area contributed by atoms with Crippen LogP contribution in [-0.2, 0) is 11.3 Å². The van der Waals surface area contributed by atoms with Crippen LogP contribution in [0, 0.1) is 6.92 Å². The summed E-state index contributed by atoms with van der Waals surface area (Å²) in [6, 6.07) is 21.9. The van der Waals surface area contributed by atoms with E-state index in [1.54, 1.807) is 7.11 Å². The predicted molar refractivity (Wildman–Crippen MR) is 121 cm³/mol. The van der Waals surface area contributed by atoms with Crippen LogP contribution in [0.3, 0.4) is 0 Å². The number of hydrogen-bond acceptors (Lipinski definition) is 5. The molecule has 2 aromatic heterocycles. The molecule has 5 rings (SSSR count). The number of ether oxygens (including phenoxy) is 1. The van der Waals surface area contributed by atoms with Gasteiger partial charge in [-0.3, -0.25) is 9.69 Å². The zero-order valence-electron chi connectivity index (χ0n) is 16.8. The van der Waals surface area contributed by atoms with Crippen LogP contribution in [0.25, 0.3) is 10.2 Å². The summed E-state index contributed by atoms with van der Waals surface area (Å²) in [5.74, 6) is -0.0205. The van der Waals surface area contributed by atoms with E-state index < -0.39 is 0 Å². The van der Waals surface area contributed by atoms with Crippen LogP contribution >= 0.6 is 11.3 Å². The number of benzene rings is 2. The number of fused-ring (bicyclic) bond motifs is 3. The lowest BCUT2D eigenvalue weighted by molar-refractivity contribution is 0.0979. The Labute approximate surface area is 178 Å². The summed E-state index contributed by atoms with van der Waals surface area (Å²) in [6.45, 7) is 2.44. The average Bonchev–Trinajstić information content (AvgIpc) is 3.14. The molecule has 1 unspecified atom stereocenters. The minimum atomic E-state index is -0.317. The second kappa shape index (κ2) is 7.55. The predicted octanol–water partition coefficient (Wildman–Crippen LogP) is 5.52. The van der Waals surface area contributed by atoms with E-state index in [4.69, 9.17) is 9.72 Å². The van der Waals surface area contributed by atoms with E-state index in [2.05, 4.69) is 5.32 Å². The van der Waals surface area contributed by atoms with Crippen molar-refractivity contribution >= 4 is 38.8 Å². The Morgan fingerprint density at radius 1 is 1.10 bits per heavy atom. The molecule has 1 aliphatic heterocycles. The van der Waals surface area contributed by atoms with Crippen LogP contribution in [0.15, 0.2) is 66.7 Å². The van der Waals surface area contributed by atoms with Crippen molar-refractivity contribution < 1.29 is 9.53 Å². The standard InChI is InChI=1S/C24H21N3O2S/c1-15-13-17(14-29-2)19-20-21(30-23(19)25-15)24(28)27(18-11-7-4-8-12-18)22(26-20)16-9-5-3-6-10-16/h3-13,22,26H,14H2,1-2H3. The highest BCUT2D eigenvalue weighted by Gasteiger charge is 2.37. The van der Waals surface area contributed by atoms with Gasteiger partial charge in [-0.15, -0.1) is 11.3 Å². The molecular formula is C24H21N3O2S. The first-order chi connectivity index (χ1) is 14.7. The Hall–Kier alpha value is -3.22. The van der Waals surface area contributed by atoms with Crippen LogP contribution in [-0.4, -0.2) is 18.0 Å². The molecule has 3 heterocycles. The molecule has 0 bridgehead atoms. The van der Waals surface area contributed by atoms with Gasteiger partial charge in [-0.2, -0.15) is 0 Å². The number of hydrogen-bond donors (Lipinski definition) is 1. The van der Waals surface area contributed by atoms with Crippen molar-refractivity contribution in [1.82, 2.24) is 4.98 Å². The van der Waals surface area contributed by atoms with Crippen molar-refractivity contribution in [1.29, 1.82) is 0 Å². The minimum absolute atomic E-state index is 0.0205. The molecule has 6 heteroatoms. The largest absolute Gasteiger partial charge is 0.380 e. The van der Waals surface area contributed by atoms with Gasteiger partial charge in [-0.25, -0.2) is 4.98 Å². The number of amides is 1. The fourth-order valence-corrected chi connectivity index (χ4v) is 5.19. The lowest BCUT2D eigenvalue weighted by Crippen LogP contribution is -2.42. The summed E-state index contributed by atoms with van der Waals surface area (Å²) in [6.07, 6.45) is -0.317. The number of rotatable bonds is 4. The lowest BCUT2D eigenvalue weighted by Gasteiger charge is -2.37. The van der Waals surface area contributed by atoms with Gasteiger partial charge in [0.2, 0.25) is 0 Å². The maximum atomic E-state index is 13.8. The topological polar surface area (TPSA) is 54.5 Å². The molecule has 0 aliphatic carbocycles.